The average Bonchev–Trinajstić information content (AvgIpc) is 2.78. The smallest absolute Gasteiger partial charge is 0.330 e. The number of benzene rings is 1. The first-order chi connectivity index (χ1) is 10.8. The van der Waals surface area contributed by atoms with E-state index in [1.165, 1.54) is 31.2 Å². The zero-order valence-corrected chi connectivity index (χ0v) is 12.2. The van der Waals surface area contributed by atoms with Gasteiger partial charge in [-0.2, -0.15) is 0 Å². The van der Waals surface area contributed by atoms with Crippen LogP contribution in [0.1, 0.15) is 5.56 Å². The number of esters is 1. The fourth-order valence-electron chi connectivity index (χ4n) is 1.80. The van der Waals surface area contributed by atoms with Crippen LogP contribution in [0.25, 0.3) is 6.08 Å². The number of aromatic hydroxyl groups is 1. The van der Waals surface area contributed by atoms with Crippen molar-refractivity contribution >= 4 is 23.8 Å². The Hall–Kier alpha value is -3.03. The summed E-state index contributed by atoms with van der Waals surface area (Å²) in [6.45, 7) is 0. The summed E-state index contributed by atoms with van der Waals surface area (Å²) in [5.41, 5.74) is -0.0435. The Bertz CT molecular complexity index is 746. The molecule has 1 aliphatic rings. The quantitative estimate of drug-likeness (QED) is 0.677. The van der Waals surface area contributed by atoms with E-state index in [-0.39, 0.29) is 17.1 Å². The zero-order valence-electron chi connectivity index (χ0n) is 12.2. The maximum atomic E-state index is 13.3. The van der Waals surface area contributed by atoms with Gasteiger partial charge in [0.2, 0.25) is 0 Å². The SMILES string of the molecule is COC(=O)C=CC1=N/C(=C\c2cc(F)c(O)c(F)c2)C(=O)N1C. The number of likely N-dealkylation sites (N-methyl/N-ethyl adjacent to an activating group) is 1. The van der Waals surface area contributed by atoms with Crippen LogP contribution >= 0.6 is 0 Å². The number of phenols is 1. The normalized spacial score (nSPS) is 16.3. The fraction of sp³-hybridized carbons (Fsp3) is 0.133. The average molecular weight is 322 g/mol. The molecule has 0 aromatic heterocycles. The predicted molar refractivity (Wildman–Crippen MR) is 77.4 cm³/mol. The Morgan fingerprint density at radius 1 is 1.35 bits per heavy atom. The van der Waals surface area contributed by atoms with Crippen LogP contribution in [0.5, 0.6) is 5.75 Å². The lowest BCUT2D eigenvalue weighted by Gasteiger charge is -2.07. The van der Waals surface area contributed by atoms with Crippen LogP contribution in [0.3, 0.4) is 0 Å². The minimum Gasteiger partial charge on any atom is -0.503 e. The second kappa shape index (κ2) is 6.39. The third kappa shape index (κ3) is 3.42. The van der Waals surface area contributed by atoms with Gasteiger partial charge in [-0.05, 0) is 29.8 Å². The predicted octanol–water partition coefficient (Wildman–Crippen LogP) is 1.61. The van der Waals surface area contributed by atoms with E-state index in [1.807, 2.05) is 0 Å². The van der Waals surface area contributed by atoms with Crippen molar-refractivity contribution in [2.24, 2.45) is 4.99 Å². The number of hydrogen-bond donors (Lipinski definition) is 1. The van der Waals surface area contributed by atoms with Crippen molar-refractivity contribution in [1.82, 2.24) is 4.90 Å². The van der Waals surface area contributed by atoms with Crippen molar-refractivity contribution in [2.45, 2.75) is 0 Å². The molecule has 0 fully saturated rings. The highest BCUT2D eigenvalue weighted by atomic mass is 19.1. The molecule has 8 heteroatoms. The summed E-state index contributed by atoms with van der Waals surface area (Å²) < 4.78 is 31.0. The van der Waals surface area contributed by atoms with Gasteiger partial charge in [0.05, 0.1) is 7.11 Å². The van der Waals surface area contributed by atoms with Gasteiger partial charge in [0.1, 0.15) is 11.5 Å². The standard InChI is InChI=1S/C15H12F2N2O4/c1-19-12(3-4-13(20)23-2)18-11(15(19)22)7-8-5-9(16)14(21)10(17)6-8/h3-7,21H,1-2H3/b4-3?,11-7-. The summed E-state index contributed by atoms with van der Waals surface area (Å²) in [5.74, 6) is -4.34. The molecule has 0 aliphatic carbocycles. The van der Waals surface area contributed by atoms with E-state index in [1.54, 1.807) is 0 Å². The lowest BCUT2D eigenvalue weighted by molar-refractivity contribution is -0.134. The number of ether oxygens (including phenoxy) is 1. The van der Waals surface area contributed by atoms with E-state index in [2.05, 4.69) is 9.73 Å². The lowest BCUT2D eigenvalue weighted by Crippen LogP contribution is -2.26. The van der Waals surface area contributed by atoms with Crippen LogP contribution in [0, 0.1) is 11.6 Å². The Labute approximate surface area is 130 Å². The molecule has 0 unspecified atom stereocenters. The van der Waals surface area contributed by atoms with Gasteiger partial charge in [0.25, 0.3) is 5.91 Å². The number of amides is 1. The monoisotopic (exact) mass is 322 g/mol. The van der Waals surface area contributed by atoms with Crippen molar-refractivity contribution < 1.29 is 28.2 Å². The maximum Gasteiger partial charge on any atom is 0.330 e. The van der Waals surface area contributed by atoms with E-state index < -0.39 is 29.3 Å². The summed E-state index contributed by atoms with van der Waals surface area (Å²) >= 11 is 0. The number of methoxy groups -OCH3 is 1. The zero-order chi connectivity index (χ0) is 17.1. The van der Waals surface area contributed by atoms with E-state index in [0.29, 0.717) is 0 Å². The third-order valence-corrected chi connectivity index (χ3v) is 3.01. The first-order valence-corrected chi connectivity index (χ1v) is 6.36. The molecular weight excluding hydrogens is 310 g/mol. The molecule has 0 bridgehead atoms. The second-order valence-electron chi connectivity index (χ2n) is 4.55. The summed E-state index contributed by atoms with van der Waals surface area (Å²) in [7, 11) is 2.64. The Kier molecular flexibility index (Phi) is 4.54. The van der Waals surface area contributed by atoms with Crippen LogP contribution in [0.4, 0.5) is 8.78 Å². The summed E-state index contributed by atoms with van der Waals surface area (Å²) in [6.07, 6.45) is 3.54. The van der Waals surface area contributed by atoms with Gasteiger partial charge in [-0.1, -0.05) is 0 Å². The topological polar surface area (TPSA) is 79.2 Å². The molecule has 2 rings (SSSR count). The van der Waals surface area contributed by atoms with E-state index in [9.17, 15) is 18.4 Å². The number of rotatable bonds is 3. The fourth-order valence-corrected chi connectivity index (χ4v) is 1.80. The van der Waals surface area contributed by atoms with Gasteiger partial charge in [-0.3, -0.25) is 9.69 Å². The van der Waals surface area contributed by atoms with Gasteiger partial charge in [0.15, 0.2) is 17.4 Å². The summed E-state index contributed by atoms with van der Waals surface area (Å²) in [6, 6.07) is 1.74. The highest BCUT2D eigenvalue weighted by Gasteiger charge is 2.25. The molecule has 1 amide bonds. The van der Waals surface area contributed by atoms with Crippen molar-refractivity contribution in [3.05, 3.63) is 47.2 Å². The number of carbonyl (C=O) groups excluding carboxylic acids is 2. The summed E-state index contributed by atoms with van der Waals surface area (Å²) in [4.78, 5) is 28.2. The minimum absolute atomic E-state index is 0.0245. The van der Waals surface area contributed by atoms with Crippen LogP contribution < -0.4 is 0 Å². The Morgan fingerprint density at radius 2 is 1.96 bits per heavy atom. The van der Waals surface area contributed by atoms with Crippen LogP contribution in [-0.4, -0.2) is 41.9 Å². The number of nitrogens with zero attached hydrogens (tertiary/aromatic N) is 2. The van der Waals surface area contributed by atoms with Gasteiger partial charge >= 0.3 is 5.97 Å². The first kappa shape index (κ1) is 16.3. The van der Waals surface area contributed by atoms with Crippen molar-refractivity contribution in [1.29, 1.82) is 0 Å². The molecule has 0 saturated heterocycles. The lowest BCUT2D eigenvalue weighted by atomic mass is 10.1. The second-order valence-corrected chi connectivity index (χ2v) is 4.55. The van der Waals surface area contributed by atoms with Crippen LogP contribution in [-0.2, 0) is 14.3 Å². The molecule has 1 aromatic carbocycles. The first-order valence-electron chi connectivity index (χ1n) is 6.36. The number of amidine groups is 1. The molecule has 0 atom stereocenters. The van der Waals surface area contributed by atoms with Crippen molar-refractivity contribution in [3.63, 3.8) is 0 Å². The largest absolute Gasteiger partial charge is 0.503 e. The highest BCUT2D eigenvalue weighted by molar-refractivity contribution is 6.18. The highest BCUT2D eigenvalue weighted by Crippen LogP contribution is 2.24. The van der Waals surface area contributed by atoms with E-state index >= 15 is 0 Å². The molecule has 1 aliphatic heterocycles. The molecule has 23 heavy (non-hydrogen) atoms. The molecule has 0 saturated carbocycles. The van der Waals surface area contributed by atoms with Crippen molar-refractivity contribution in [3.8, 4) is 5.75 Å². The molecule has 1 heterocycles. The number of halogens is 2. The maximum absolute atomic E-state index is 13.3. The molecule has 6 nitrogen and oxygen atoms in total. The number of hydrogen-bond acceptors (Lipinski definition) is 5. The molecule has 0 spiro atoms. The molecule has 1 aromatic rings. The molecule has 0 radical (unpaired) electrons. The van der Waals surface area contributed by atoms with Gasteiger partial charge in [0, 0.05) is 13.1 Å². The number of carbonyl (C=O) groups is 2. The van der Waals surface area contributed by atoms with Crippen LogP contribution in [0.2, 0.25) is 0 Å². The van der Waals surface area contributed by atoms with Crippen LogP contribution in [0.15, 0.2) is 35.0 Å². The van der Waals surface area contributed by atoms with Gasteiger partial charge in [-0.25, -0.2) is 18.6 Å². The van der Waals surface area contributed by atoms with E-state index in [0.717, 1.165) is 18.2 Å². The number of phenolic OH excluding ortho intramolecular Hbond substituents is 1. The third-order valence-electron chi connectivity index (χ3n) is 3.01. The number of aliphatic imine (C=N–C) groups is 1. The van der Waals surface area contributed by atoms with E-state index in [4.69, 9.17) is 5.11 Å². The molecule has 1 N–H and O–H groups in total. The molecular formula is C15H12F2N2O4. The van der Waals surface area contributed by atoms with Gasteiger partial charge in [-0.15, -0.1) is 0 Å². The summed E-state index contributed by atoms with van der Waals surface area (Å²) in [5, 5.41) is 9.05. The minimum atomic E-state index is -1.15. The Morgan fingerprint density at radius 3 is 2.52 bits per heavy atom. The van der Waals surface area contributed by atoms with Gasteiger partial charge < -0.3 is 9.84 Å². The molecule has 120 valence electrons. The Balaban J connectivity index is 2.35. The van der Waals surface area contributed by atoms with Crippen molar-refractivity contribution in [2.75, 3.05) is 14.2 Å².